The Hall–Kier alpha value is -9.52. The Labute approximate surface area is 908 Å². The summed E-state index contributed by atoms with van der Waals surface area (Å²) in [5.74, 6) is -5.16. The number of aliphatic hydroxyl groups is 12. The average Bonchev–Trinajstić information content (AvgIpc) is 1.47. The standard InChI is InChI=1S/4C24H31FN6O4S/c4*1-3-8-36-24-27-22(26-16-10-14(16)13-5-4-12(2)15(25)9-13)19-23(28-24)31(30-29-19)17-11-18(35-7-6-32)21(34)20(17)33/h4*4-5,9,14,16-18,20-21,32-34H,3,6-8,10-11H2,1-2H3,(H,26,27,28)/t4*14-,16+,17+,18-,20-,21+/m0000/s1/i4D,5D,6D2,7D2,9D,11D2,17D,18D,20D,21D;4D,5D,8D2,9D,11D2,17D,18D,20D,21D;4D,5D,7D2,9D,11D2,17D,18D,20D,21D;4D,5D,6D2,9D,11D2,17D,18D,20D,21D. The molecule has 0 saturated heterocycles. The van der Waals surface area contributed by atoms with Gasteiger partial charge in [0.05, 0.1) is 150 Å². The fourth-order valence-electron chi connectivity index (χ4n) is 14.3. The van der Waals surface area contributed by atoms with Crippen molar-refractivity contribution in [3.63, 3.8) is 0 Å². The summed E-state index contributed by atoms with van der Waals surface area (Å²) >= 11 is 3.83. The molecule has 20 rings (SSSR count). The predicted molar refractivity (Wildman–Crippen MR) is 530 cm³/mol. The van der Waals surface area contributed by atoms with Gasteiger partial charge in [-0.25, -0.2) is 76.2 Å². The zero-order chi connectivity index (χ0) is 143. The van der Waals surface area contributed by atoms with Gasteiger partial charge in [0, 0.05) is 110 Å². The van der Waals surface area contributed by atoms with Crippen LogP contribution in [0.15, 0.2) is 93.1 Å². The number of thioether (sulfide) groups is 4. The molecule has 16 N–H and O–H groups in total. The molecule has 4 aromatic carbocycles. The van der Waals surface area contributed by atoms with Crippen LogP contribution in [0.3, 0.4) is 0 Å². The van der Waals surface area contributed by atoms with E-state index in [1.165, 1.54) is 27.7 Å². The van der Waals surface area contributed by atoms with Gasteiger partial charge in [0.2, 0.25) is 0 Å². The van der Waals surface area contributed by atoms with Crippen LogP contribution >= 0.6 is 47.0 Å². The molecular formula is C96H124F4N24O16S4. The molecule has 8 saturated carbocycles. The van der Waals surface area contributed by atoms with Crippen molar-refractivity contribution < 1.29 is 161 Å². The van der Waals surface area contributed by atoms with Crippen molar-refractivity contribution in [2.75, 3.05) is 96.9 Å². The first-order valence-corrected chi connectivity index (χ1v) is 48.0. The number of aliphatic hydroxyl groups excluding tert-OH is 2. The summed E-state index contributed by atoms with van der Waals surface area (Å²) in [6.45, 7) is -6.70. The lowest BCUT2D eigenvalue weighted by molar-refractivity contribution is -0.0629. The molecule has 0 unspecified atom stereocenters. The van der Waals surface area contributed by atoms with Crippen molar-refractivity contribution in [3.05, 3.63) is 140 Å². The van der Waals surface area contributed by atoms with Crippen LogP contribution in [0.2, 0.25) is 0 Å². The summed E-state index contributed by atoms with van der Waals surface area (Å²) < 4.78 is 461. The van der Waals surface area contributed by atoms with E-state index in [1.54, 1.807) is 6.92 Å². The first kappa shape index (κ1) is 62.1. The van der Waals surface area contributed by atoms with Gasteiger partial charge in [0.1, 0.15) is 71.9 Å². The van der Waals surface area contributed by atoms with Crippen molar-refractivity contribution in [1.82, 2.24) is 99.8 Å². The van der Waals surface area contributed by atoms with Gasteiger partial charge in [0.25, 0.3) is 0 Å². The van der Waals surface area contributed by atoms with Crippen LogP contribution in [-0.4, -0.2) is 334 Å². The lowest BCUT2D eigenvalue weighted by Gasteiger charge is -2.17. The normalized spacial score (nSPS) is 42.3. The summed E-state index contributed by atoms with van der Waals surface area (Å²) in [5, 5.41) is 169. The second kappa shape index (κ2) is 47.3. The maximum Gasteiger partial charge on any atom is 0.191 e. The number of ether oxygens (including phenoxy) is 4. The number of nitrogens with zero attached hydrogens (tertiary/aromatic N) is 20. The topological polar surface area (TPSA) is 554 Å². The highest BCUT2D eigenvalue weighted by Gasteiger charge is 2.51. The summed E-state index contributed by atoms with van der Waals surface area (Å²) in [4.78, 5) is 34.6. The zero-order valence-electron chi connectivity index (χ0n) is 123. The van der Waals surface area contributed by atoms with Crippen LogP contribution in [0.5, 0.6) is 0 Å². The highest BCUT2D eigenvalue weighted by molar-refractivity contribution is 7.99. The summed E-state index contributed by atoms with van der Waals surface area (Å²) in [5.41, 5.74) is -5.74. The van der Waals surface area contributed by atoms with E-state index in [4.69, 9.17) is 77.3 Å². The smallest absolute Gasteiger partial charge is 0.191 e. The molecule has 40 nitrogen and oxygen atoms in total. The molecule has 0 amide bonds. The number of aromatic nitrogens is 20. The van der Waals surface area contributed by atoms with Crippen molar-refractivity contribution in [1.29, 1.82) is 0 Å². The van der Waals surface area contributed by atoms with E-state index in [9.17, 15) is 78.8 Å². The van der Waals surface area contributed by atoms with E-state index in [1.807, 2.05) is 20.8 Å². The molecule has 48 heteroatoms. The number of fused-ring (bicyclic) bond motifs is 4. The quantitative estimate of drug-likeness (QED) is 0.00969. The van der Waals surface area contributed by atoms with Crippen LogP contribution in [0, 0.1) is 51.0 Å². The third kappa shape index (κ3) is 23.8. The molecule has 8 aliphatic carbocycles. The summed E-state index contributed by atoms with van der Waals surface area (Å²) in [6, 6.07) is -21.9. The fraction of sp³-hybridized carbons (Fsp3) is 0.583. The maximum atomic E-state index is 14.7. The highest BCUT2D eigenvalue weighted by atomic mass is 32.2. The van der Waals surface area contributed by atoms with Crippen molar-refractivity contribution in [2.45, 2.75) is 298 Å². The molecule has 8 aliphatic rings. The van der Waals surface area contributed by atoms with Crippen molar-refractivity contribution >= 4 is 115 Å². The molecule has 8 heterocycles. The van der Waals surface area contributed by atoms with E-state index in [-0.39, 0.29) is 205 Å². The second-order valence-corrected chi connectivity index (χ2v) is 36.3. The molecule has 0 spiro atoms. The van der Waals surface area contributed by atoms with Gasteiger partial charge in [-0.1, -0.05) is 144 Å². The van der Waals surface area contributed by atoms with Gasteiger partial charge >= 0.3 is 0 Å². The Morgan fingerprint density at radius 1 is 0.368 bits per heavy atom. The number of hydrogen-bond donors (Lipinski definition) is 16. The Morgan fingerprint density at radius 3 is 0.910 bits per heavy atom. The third-order valence-electron chi connectivity index (χ3n) is 22.0. The molecular weight excluding hydrogens is 1950 g/mol. The second-order valence-electron chi connectivity index (χ2n) is 32.3. The molecule has 0 radical (unpaired) electrons. The molecule has 12 aromatic rings. The van der Waals surface area contributed by atoms with Gasteiger partial charge in [-0.2, -0.15) is 0 Å². The Morgan fingerprint density at radius 2 is 0.646 bits per heavy atom. The number of anilines is 4. The van der Waals surface area contributed by atoms with E-state index in [0.29, 0.717) is 53.0 Å². The van der Waals surface area contributed by atoms with Crippen LogP contribution in [0.25, 0.3) is 44.7 Å². The van der Waals surface area contributed by atoms with Crippen LogP contribution in [0.1, 0.15) is 260 Å². The fourth-order valence-corrected chi connectivity index (χ4v) is 16.9. The Balaban J connectivity index is 0.000000165. The van der Waals surface area contributed by atoms with Gasteiger partial charge in [-0.15, -0.1) is 20.4 Å². The Kier molecular flexibility index (Phi) is 20.4. The Bertz CT molecular complexity index is 8990. The molecule has 776 valence electrons. The van der Waals surface area contributed by atoms with E-state index in [0.717, 1.165) is 35.3 Å². The number of rotatable bonds is 40. The van der Waals surface area contributed by atoms with Gasteiger partial charge < -0.3 is 101 Å². The van der Waals surface area contributed by atoms with E-state index >= 15 is 0 Å². The van der Waals surface area contributed by atoms with Gasteiger partial charge in [0.15, 0.2) is 88.6 Å². The molecule has 0 aliphatic heterocycles. The largest absolute Gasteiger partial charge is 0.394 e. The average molecular weight is 2120 g/mol. The minimum atomic E-state index is -4.28. The first-order valence-electron chi connectivity index (χ1n) is 67.2. The highest BCUT2D eigenvalue weighted by Crippen LogP contribution is 2.50. The third-order valence-corrected chi connectivity index (χ3v) is 25.9. The van der Waals surface area contributed by atoms with Crippen molar-refractivity contribution in [3.8, 4) is 0 Å². The molecule has 8 aromatic heterocycles. The van der Waals surface area contributed by atoms with E-state index < -0.39 is 299 Å². The van der Waals surface area contributed by atoms with Gasteiger partial charge in [-0.3, -0.25) is 0 Å². The molecule has 24 atom stereocenters. The number of nitrogens with one attached hydrogen (secondary N) is 4. The SMILES string of the molecule is [2H]c1c([2H])c([C@@H]2C[C@H]2Nc2nc(SC([2H])([2H])CC)nc3c2nnn3[C@]2([2H])C([2H])([2H])[C@]([2H])(OCCO)[C@@]([2H])(O)[C@@]2([2H])O)c([2H])c(F)c1C.[2H]c1c([2H])c([C@@H]2C[C@H]2Nc2nc(SCCC)nc3c2nnn3[C@]2([2H])C([2H])([2H])[C@]([2H])(OC([2H])([2H])C([2H])([2H])O)[C@@]([2H])(O)[C@@]2([2H])O)c([2H])c(F)c1C.[2H]c1c([2H])c([C@@H]2C[C@H]2Nc2nc(SCCC)nc3c2nnn3[C@]2([2H])C([2H])([2H])[C@]([2H])(OC([2H])([2H])CO)[C@@]([2H])(O)[C@@]2([2H])O)c([2H])c(F)c1C.[2H]c1c([2H])c([C@@H]2C[C@H]2Nc2nc(SCCC)nc3c2nnn3[C@]2([2H])C([2H])([2H])[C@]([2H])(OCC([2H])([2H])O)[C@@]([2H])(O)[C@@]2([2H])O)c([2H])c(F)c1C. The minimum Gasteiger partial charge on any atom is -0.394 e. The zero-order valence-corrected chi connectivity index (χ0v) is 80.1. The van der Waals surface area contributed by atoms with Crippen LogP contribution in [0.4, 0.5) is 40.8 Å². The predicted octanol–water partition coefficient (Wildman–Crippen LogP) is 8.73. The number of halogens is 4. The number of benzene rings is 4. The minimum absolute atomic E-state index is 0.0120. The lowest BCUT2D eigenvalue weighted by Crippen LogP contribution is -2.33. The first-order chi connectivity index (χ1) is 86.9. The van der Waals surface area contributed by atoms with E-state index in [2.05, 4.69) is 107 Å². The molecule has 8 fully saturated rings. The monoisotopic (exact) mass is 2120 g/mol. The molecule has 0 bridgehead atoms. The number of hydrogen-bond acceptors (Lipinski definition) is 40. The van der Waals surface area contributed by atoms with Crippen LogP contribution < -0.4 is 21.3 Å². The molecule has 144 heavy (non-hydrogen) atoms. The maximum absolute atomic E-state index is 14.7. The summed E-state index contributed by atoms with van der Waals surface area (Å²) in [7, 11) is 0. The van der Waals surface area contributed by atoms with Crippen molar-refractivity contribution in [2.24, 2.45) is 0 Å². The summed E-state index contributed by atoms with van der Waals surface area (Å²) in [6.07, 6.45) is -60.0. The van der Waals surface area contributed by atoms with Gasteiger partial charge in [-0.05, 0) is 148 Å². The lowest BCUT2D eigenvalue weighted by atomic mass is 10.1. The van der Waals surface area contributed by atoms with Crippen LogP contribution in [-0.2, 0) is 18.9 Å².